The number of rotatable bonds is 4. The number of hydrogen-bond acceptors (Lipinski definition) is 4. The van der Waals surface area contributed by atoms with E-state index in [1.807, 2.05) is 29.2 Å². The molecule has 2 N–H and O–H groups in total. The normalized spacial score (nSPS) is 22.4. The van der Waals surface area contributed by atoms with Crippen molar-refractivity contribution < 1.29 is 4.79 Å². The summed E-state index contributed by atoms with van der Waals surface area (Å²) in [5.41, 5.74) is 7.62. The van der Waals surface area contributed by atoms with Crippen LogP contribution in [-0.2, 0) is 11.3 Å². The van der Waals surface area contributed by atoms with Gasteiger partial charge in [-0.2, -0.15) is 0 Å². The second-order valence-corrected chi connectivity index (χ2v) is 8.34. The van der Waals surface area contributed by atoms with Crippen LogP contribution in [0.3, 0.4) is 0 Å². The van der Waals surface area contributed by atoms with Gasteiger partial charge >= 0.3 is 0 Å². The number of benzene rings is 1. The summed E-state index contributed by atoms with van der Waals surface area (Å²) in [4.78, 5) is 21.5. The molecule has 0 radical (unpaired) electrons. The number of hydrogen-bond donors (Lipinski definition) is 1. The van der Waals surface area contributed by atoms with Crippen LogP contribution >= 0.6 is 24.2 Å². The minimum absolute atomic E-state index is 0. The maximum atomic E-state index is 12.3. The van der Waals surface area contributed by atoms with Gasteiger partial charge in [-0.25, -0.2) is 0 Å². The number of halogens is 1. The molecule has 2 aliphatic rings. The Labute approximate surface area is 173 Å². The fourth-order valence-electron chi connectivity index (χ4n) is 3.71. The molecule has 1 aliphatic carbocycles. The zero-order chi connectivity index (χ0) is 18.5. The monoisotopic (exact) mass is 410 g/mol. The van der Waals surface area contributed by atoms with Crippen molar-refractivity contribution in [3.63, 3.8) is 0 Å². The Morgan fingerprint density at radius 2 is 1.85 bits per heavy atom. The molecule has 1 amide bonds. The summed E-state index contributed by atoms with van der Waals surface area (Å²) in [7, 11) is 2.07. The lowest BCUT2D eigenvalue weighted by Gasteiger charge is -2.33. The predicted molar refractivity (Wildman–Crippen MR) is 117 cm³/mol. The lowest BCUT2D eigenvalue weighted by Crippen LogP contribution is -2.47. The molecule has 5 nitrogen and oxygen atoms in total. The lowest BCUT2D eigenvalue weighted by molar-refractivity contribution is -0.133. The maximum Gasteiger partial charge on any atom is 0.221 e. The molecule has 0 spiro atoms. The van der Waals surface area contributed by atoms with E-state index < -0.39 is 0 Å². The number of thioether (sulfide) groups is 1. The van der Waals surface area contributed by atoms with Crippen LogP contribution in [0, 0.1) is 0 Å². The van der Waals surface area contributed by atoms with Crippen LogP contribution < -0.4 is 5.73 Å². The highest BCUT2D eigenvalue weighted by Gasteiger charge is 2.34. The van der Waals surface area contributed by atoms with Gasteiger partial charge in [0, 0.05) is 32.0 Å². The molecule has 7 heteroatoms. The Hall–Kier alpha value is -1.40. The fourth-order valence-corrected chi connectivity index (χ4v) is 4.96. The highest BCUT2D eigenvalue weighted by atomic mass is 35.5. The lowest BCUT2D eigenvalue weighted by atomic mass is 10.1. The minimum Gasteiger partial charge on any atom is -0.399 e. The first-order valence-corrected chi connectivity index (χ1v) is 10.6. The third kappa shape index (κ3) is 5.79. The maximum absolute atomic E-state index is 12.3. The van der Waals surface area contributed by atoms with Crippen molar-refractivity contribution in [3.05, 3.63) is 29.8 Å². The van der Waals surface area contributed by atoms with E-state index in [4.69, 9.17) is 10.7 Å². The largest absolute Gasteiger partial charge is 0.399 e. The van der Waals surface area contributed by atoms with Crippen molar-refractivity contribution in [2.45, 2.75) is 64.2 Å². The number of nitrogens with two attached hydrogens (primary N) is 1. The summed E-state index contributed by atoms with van der Waals surface area (Å²) in [6, 6.07) is 8.21. The van der Waals surface area contributed by atoms with E-state index >= 15 is 0 Å². The second-order valence-electron chi connectivity index (χ2n) is 7.35. The fraction of sp³-hybridized carbons (Fsp3) is 0.600. The van der Waals surface area contributed by atoms with Gasteiger partial charge in [0.05, 0.1) is 6.04 Å². The summed E-state index contributed by atoms with van der Waals surface area (Å²) in [6.07, 6.45) is 7.71. The van der Waals surface area contributed by atoms with E-state index in [9.17, 15) is 4.79 Å². The summed E-state index contributed by atoms with van der Waals surface area (Å²) in [5, 5.41) is 1.09. The number of amidine groups is 1. The minimum atomic E-state index is 0. The van der Waals surface area contributed by atoms with Gasteiger partial charge in [0.25, 0.3) is 0 Å². The number of carbonyl (C=O) groups is 1. The van der Waals surface area contributed by atoms with Crippen molar-refractivity contribution >= 4 is 40.9 Å². The molecule has 1 saturated carbocycles. The first kappa shape index (κ1) is 21.9. The second kappa shape index (κ2) is 10.2. The summed E-state index contributed by atoms with van der Waals surface area (Å²) < 4.78 is 0. The number of anilines is 1. The highest BCUT2D eigenvalue weighted by Crippen LogP contribution is 2.29. The van der Waals surface area contributed by atoms with E-state index in [1.54, 1.807) is 18.7 Å². The number of amides is 1. The molecule has 3 rings (SSSR count). The van der Waals surface area contributed by atoms with Crippen molar-refractivity contribution in [3.8, 4) is 0 Å². The first-order valence-electron chi connectivity index (χ1n) is 9.59. The van der Waals surface area contributed by atoms with Crippen LogP contribution in [0.15, 0.2) is 29.3 Å². The molecular weight excluding hydrogens is 380 g/mol. The zero-order valence-corrected chi connectivity index (χ0v) is 17.9. The Morgan fingerprint density at radius 1 is 1.22 bits per heavy atom. The molecule has 1 aromatic rings. The van der Waals surface area contributed by atoms with E-state index in [-0.39, 0.29) is 24.5 Å². The third-order valence-electron chi connectivity index (χ3n) is 5.32. The Bertz CT molecular complexity index is 644. The molecule has 27 heavy (non-hydrogen) atoms. The van der Waals surface area contributed by atoms with Crippen molar-refractivity contribution in [2.24, 2.45) is 4.99 Å². The van der Waals surface area contributed by atoms with Crippen LogP contribution in [0.5, 0.6) is 0 Å². The van der Waals surface area contributed by atoms with Gasteiger partial charge in [0.15, 0.2) is 5.17 Å². The predicted octanol–water partition coefficient (Wildman–Crippen LogP) is 4.12. The van der Waals surface area contributed by atoms with Gasteiger partial charge in [-0.05, 0) is 30.5 Å². The van der Waals surface area contributed by atoms with Gasteiger partial charge in [-0.1, -0.05) is 49.6 Å². The van der Waals surface area contributed by atoms with Crippen LogP contribution in [0.25, 0.3) is 0 Å². The zero-order valence-electron chi connectivity index (χ0n) is 16.3. The summed E-state index contributed by atoms with van der Waals surface area (Å²) in [6.45, 7) is 2.25. The average Bonchev–Trinajstić information content (AvgIpc) is 2.82. The number of nitrogens with zero attached hydrogens (tertiary/aromatic N) is 3. The first-order chi connectivity index (χ1) is 12.5. The number of nitrogen functional groups attached to an aromatic ring is 1. The van der Waals surface area contributed by atoms with Crippen LogP contribution in [-0.4, -0.2) is 45.9 Å². The van der Waals surface area contributed by atoms with Crippen LogP contribution in [0.4, 0.5) is 5.69 Å². The van der Waals surface area contributed by atoms with Gasteiger partial charge in [0.2, 0.25) is 5.91 Å². The molecule has 150 valence electrons. The quantitative estimate of drug-likeness (QED) is 0.599. The topological polar surface area (TPSA) is 61.9 Å². The molecule has 1 aromatic carbocycles. The molecule has 1 unspecified atom stereocenters. The number of carbonyl (C=O) groups excluding carboxylic acids is 1. The highest BCUT2D eigenvalue weighted by molar-refractivity contribution is 8.14. The number of aliphatic imine (C=N–C) groups is 1. The van der Waals surface area contributed by atoms with E-state index in [0.29, 0.717) is 12.6 Å². The molecular formula is C20H31ClN4OS. The molecule has 2 fully saturated rings. The molecule has 1 heterocycles. The Balaban J connectivity index is 0.00000261. The standard InChI is InChI=1S/C20H30N4OS.ClH/c1-15(25)24(13-16-9-11-17(21)12-10-16)19-14-26-20(23(19)2)22-18-7-5-3-4-6-8-18;/h9-12,18-19H,3-8,13-14,21H2,1-2H3;1H. The van der Waals surface area contributed by atoms with Crippen molar-refractivity contribution in [1.29, 1.82) is 0 Å². The Morgan fingerprint density at radius 3 is 2.44 bits per heavy atom. The molecule has 1 saturated heterocycles. The van der Waals surface area contributed by atoms with Crippen LogP contribution in [0.2, 0.25) is 0 Å². The smallest absolute Gasteiger partial charge is 0.221 e. The Kier molecular flexibility index (Phi) is 8.29. The van der Waals surface area contributed by atoms with Crippen molar-refractivity contribution in [2.75, 3.05) is 18.5 Å². The van der Waals surface area contributed by atoms with Crippen molar-refractivity contribution in [1.82, 2.24) is 9.80 Å². The van der Waals surface area contributed by atoms with E-state index in [2.05, 4.69) is 11.9 Å². The SMILES string of the molecule is CC(=O)N(Cc1ccc(N)cc1)C1CSC(=NC2CCCCCC2)N1C.Cl. The summed E-state index contributed by atoms with van der Waals surface area (Å²) in [5.74, 6) is 0.964. The summed E-state index contributed by atoms with van der Waals surface area (Å²) >= 11 is 1.78. The third-order valence-corrected chi connectivity index (χ3v) is 6.44. The molecule has 0 aromatic heterocycles. The molecule has 1 aliphatic heterocycles. The van der Waals surface area contributed by atoms with E-state index in [0.717, 1.165) is 22.2 Å². The van der Waals surface area contributed by atoms with Gasteiger partial charge < -0.3 is 15.5 Å². The molecule has 1 atom stereocenters. The van der Waals surface area contributed by atoms with Crippen LogP contribution in [0.1, 0.15) is 51.0 Å². The van der Waals surface area contributed by atoms with Gasteiger partial charge in [-0.3, -0.25) is 9.79 Å². The average molecular weight is 411 g/mol. The van der Waals surface area contributed by atoms with Gasteiger partial charge in [-0.15, -0.1) is 12.4 Å². The van der Waals surface area contributed by atoms with E-state index in [1.165, 1.54) is 38.5 Å². The molecule has 0 bridgehead atoms. The van der Waals surface area contributed by atoms with Gasteiger partial charge in [0.1, 0.15) is 6.17 Å².